The van der Waals surface area contributed by atoms with E-state index in [-0.39, 0.29) is 0 Å². The summed E-state index contributed by atoms with van der Waals surface area (Å²) < 4.78 is 6.74. The summed E-state index contributed by atoms with van der Waals surface area (Å²) in [6.07, 6.45) is 1.80. The minimum absolute atomic E-state index is 0.367. The number of methoxy groups -OCH3 is 1. The van der Waals surface area contributed by atoms with Crippen molar-refractivity contribution in [3.05, 3.63) is 35.8 Å². The van der Waals surface area contributed by atoms with E-state index in [1.165, 1.54) is 0 Å². The van der Waals surface area contributed by atoms with Gasteiger partial charge in [-0.3, -0.25) is 0 Å². The van der Waals surface area contributed by atoms with Gasteiger partial charge >= 0.3 is 0 Å². The number of halogens is 1. The van der Waals surface area contributed by atoms with Gasteiger partial charge in [-0.2, -0.15) is 0 Å². The number of pyridine rings is 1. The Labute approximate surface area is 98.0 Å². The fourth-order valence-corrected chi connectivity index (χ4v) is 1.42. The van der Waals surface area contributed by atoms with E-state index in [0.717, 1.165) is 11.4 Å². The van der Waals surface area contributed by atoms with Crippen LogP contribution in [0.1, 0.15) is 11.4 Å². The predicted octanol–water partition coefficient (Wildman–Crippen LogP) is 1.47. The molecule has 0 N–H and O–H groups in total. The van der Waals surface area contributed by atoms with Gasteiger partial charge in [-0.15, -0.1) is 16.7 Å². The van der Waals surface area contributed by atoms with E-state index in [2.05, 4.69) is 15.3 Å². The summed E-state index contributed by atoms with van der Waals surface area (Å²) in [7, 11) is 1.59. The van der Waals surface area contributed by atoms with Crippen molar-refractivity contribution in [3.8, 4) is 5.88 Å². The highest BCUT2D eigenvalue weighted by Gasteiger charge is 2.02. The van der Waals surface area contributed by atoms with Crippen LogP contribution in [0.5, 0.6) is 5.88 Å². The molecule has 2 aromatic heterocycles. The van der Waals surface area contributed by atoms with Crippen LogP contribution >= 0.6 is 11.6 Å². The molecule has 0 fully saturated rings. The van der Waals surface area contributed by atoms with E-state index >= 15 is 0 Å². The van der Waals surface area contributed by atoms with Crippen LogP contribution in [0.3, 0.4) is 0 Å². The van der Waals surface area contributed by atoms with Crippen LogP contribution in [0.15, 0.2) is 24.4 Å². The molecule has 2 aromatic rings. The third-order valence-corrected chi connectivity index (χ3v) is 2.31. The Morgan fingerprint density at radius 2 is 2.25 bits per heavy atom. The van der Waals surface area contributed by atoms with Crippen molar-refractivity contribution in [2.24, 2.45) is 0 Å². The van der Waals surface area contributed by atoms with Gasteiger partial charge in [0.1, 0.15) is 0 Å². The molecule has 2 heterocycles. The van der Waals surface area contributed by atoms with Crippen LogP contribution in [0, 0.1) is 0 Å². The number of hydrogen-bond donors (Lipinski definition) is 0. The fourth-order valence-electron chi connectivity index (χ4n) is 1.30. The van der Waals surface area contributed by atoms with E-state index in [9.17, 15) is 0 Å². The van der Waals surface area contributed by atoms with Crippen LogP contribution in [-0.4, -0.2) is 27.1 Å². The summed E-state index contributed by atoms with van der Waals surface area (Å²) in [4.78, 5) is 4.28. The van der Waals surface area contributed by atoms with E-state index < -0.39 is 0 Å². The highest BCUT2D eigenvalue weighted by atomic mass is 35.5. The Balaban J connectivity index is 2.13. The standard InChI is InChI=1S/C10H11ClN4O/c1-16-10-4-2-3-8(12-10)6-15-7-9(5-11)13-14-15/h2-4,7H,5-6H2,1H3. The van der Waals surface area contributed by atoms with Crippen LogP contribution in [0.2, 0.25) is 0 Å². The van der Waals surface area contributed by atoms with E-state index in [1.807, 2.05) is 12.1 Å². The normalized spacial score (nSPS) is 10.4. The van der Waals surface area contributed by atoms with Gasteiger partial charge in [0.25, 0.3) is 0 Å². The summed E-state index contributed by atoms with van der Waals surface area (Å²) >= 11 is 5.64. The fraction of sp³-hybridized carbons (Fsp3) is 0.300. The van der Waals surface area contributed by atoms with Crippen molar-refractivity contribution in [2.75, 3.05) is 7.11 Å². The molecule has 0 saturated carbocycles. The van der Waals surface area contributed by atoms with Gasteiger partial charge in [0.05, 0.1) is 37.1 Å². The molecule has 0 spiro atoms. The van der Waals surface area contributed by atoms with Crippen molar-refractivity contribution in [1.29, 1.82) is 0 Å². The first kappa shape index (κ1) is 10.9. The SMILES string of the molecule is COc1cccc(Cn2cc(CCl)nn2)n1. The van der Waals surface area contributed by atoms with Crippen LogP contribution in [0.25, 0.3) is 0 Å². The third-order valence-electron chi connectivity index (χ3n) is 2.04. The summed E-state index contributed by atoms with van der Waals surface area (Å²) in [5.41, 5.74) is 1.62. The van der Waals surface area contributed by atoms with Crippen LogP contribution in [-0.2, 0) is 12.4 Å². The van der Waals surface area contributed by atoms with Gasteiger partial charge in [0, 0.05) is 6.07 Å². The summed E-state index contributed by atoms with van der Waals surface area (Å²) in [6, 6.07) is 5.60. The Kier molecular flexibility index (Phi) is 3.36. The van der Waals surface area contributed by atoms with Crippen molar-refractivity contribution in [3.63, 3.8) is 0 Å². The maximum absolute atomic E-state index is 5.64. The molecule has 0 radical (unpaired) electrons. The highest BCUT2D eigenvalue weighted by Crippen LogP contribution is 2.08. The van der Waals surface area contributed by atoms with E-state index in [4.69, 9.17) is 16.3 Å². The molecule has 0 aliphatic heterocycles. The lowest BCUT2D eigenvalue weighted by Crippen LogP contribution is -2.03. The molecule has 0 amide bonds. The number of rotatable bonds is 4. The molecular formula is C10H11ClN4O. The van der Waals surface area contributed by atoms with Gasteiger partial charge in [-0.1, -0.05) is 11.3 Å². The van der Waals surface area contributed by atoms with Gasteiger partial charge in [-0.25, -0.2) is 9.67 Å². The monoisotopic (exact) mass is 238 g/mol. The minimum Gasteiger partial charge on any atom is -0.481 e. The molecule has 0 saturated heterocycles. The Morgan fingerprint density at radius 3 is 2.94 bits per heavy atom. The summed E-state index contributed by atoms with van der Waals surface area (Å²) in [6.45, 7) is 0.557. The number of ether oxygens (including phenoxy) is 1. The molecule has 2 rings (SSSR count). The average molecular weight is 239 g/mol. The number of aromatic nitrogens is 4. The first-order chi connectivity index (χ1) is 7.81. The second-order valence-corrected chi connectivity index (χ2v) is 3.48. The maximum atomic E-state index is 5.64. The van der Waals surface area contributed by atoms with E-state index in [0.29, 0.717) is 18.3 Å². The molecule has 0 atom stereocenters. The summed E-state index contributed by atoms with van der Waals surface area (Å²) in [5.74, 6) is 0.959. The molecular weight excluding hydrogens is 228 g/mol. The zero-order valence-corrected chi connectivity index (χ0v) is 9.55. The molecule has 5 nitrogen and oxygen atoms in total. The zero-order chi connectivity index (χ0) is 11.4. The highest BCUT2D eigenvalue weighted by molar-refractivity contribution is 6.16. The van der Waals surface area contributed by atoms with E-state index in [1.54, 1.807) is 24.1 Å². The van der Waals surface area contributed by atoms with Crippen molar-refractivity contribution >= 4 is 11.6 Å². The van der Waals surface area contributed by atoms with Crippen molar-refractivity contribution in [1.82, 2.24) is 20.0 Å². The van der Waals surface area contributed by atoms with Crippen LogP contribution in [0.4, 0.5) is 0 Å². The Hall–Kier alpha value is -1.62. The molecule has 0 aliphatic rings. The van der Waals surface area contributed by atoms with Gasteiger partial charge in [0.15, 0.2) is 0 Å². The second-order valence-electron chi connectivity index (χ2n) is 3.21. The molecule has 0 bridgehead atoms. The smallest absolute Gasteiger partial charge is 0.213 e. The lowest BCUT2D eigenvalue weighted by molar-refractivity contribution is 0.395. The van der Waals surface area contributed by atoms with Crippen molar-refractivity contribution < 1.29 is 4.74 Å². The second kappa shape index (κ2) is 4.94. The third kappa shape index (κ3) is 2.49. The van der Waals surface area contributed by atoms with Gasteiger partial charge < -0.3 is 4.74 Å². The van der Waals surface area contributed by atoms with Gasteiger partial charge in [-0.05, 0) is 6.07 Å². The largest absolute Gasteiger partial charge is 0.481 e. The quantitative estimate of drug-likeness (QED) is 0.757. The molecule has 6 heteroatoms. The Morgan fingerprint density at radius 1 is 1.38 bits per heavy atom. The lowest BCUT2D eigenvalue weighted by Gasteiger charge is -2.02. The van der Waals surface area contributed by atoms with Crippen molar-refractivity contribution in [2.45, 2.75) is 12.4 Å². The topological polar surface area (TPSA) is 52.8 Å². The number of alkyl halides is 1. The number of nitrogens with zero attached hydrogens (tertiary/aromatic N) is 4. The molecule has 84 valence electrons. The van der Waals surface area contributed by atoms with Gasteiger partial charge in [0.2, 0.25) is 5.88 Å². The molecule has 0 aliphatic carbocycles. The van der Waals surface area contributed by atoms with Crippen LogP contribution < -0.4 is 4.74 Å². The predicted molar refractivity (Wildman–Crippen MR) is 59.5 cm³/mol. The average Bonchev–Trinajstić information content (AvgIpc) is 2.77. The lowest BCUT2D eigenvalue weighted by atomic mass is 10.3. The first-order valence-corrected chi connectivity index (χ1v) is 5.30. The number of hydrogen-bond acceptors (Lipinski definition) is 4. The Bertz CT molecular complexity index is 471. The first-order valence-electron chi connectivity index (χ1n) is 4.76. The maximum Gasteiger partial charge on any atom is 0.213 e. The molecule has 0 unspecified atom stereocenters. The zero-order valence-electron chi connectivity index (χ0n) is 8.80. The summed E-state index contributed by atoms with van der Waals surface area (Å²) in [5, 5.41) is 7.83. The molecule has 0 aromatic carbocycles. The minimum atomic E-state index is 0.367. The molecule has 16 heavy (non-hydrogen) atoms.